The Morgan fingerprint density at radius 1 is 1.06 bits per heavy atom. The molecule has 0 aromatic heterocycles. The number of nitrogens with zero attached hydrogens (tertiary/aromatic N) is 2. The van der Waals surface area contributed by atoms with Crippen molar-refractivity contribution in [3.63, 3.8) is 0 Å². The van der Waals surface area contributed by atoms with Gasteiger partial charge in [-0.15, -0.1) is 0 Å². The molecule has 2 saturated heterocycles. The summed E-state index contributed by atoms with van der Waals surface area (Å²) in [6.07, 6.45) is 2.01. The lowest BCUT2D eigenvalue weighted by molar-refractivity contribution is -0.156. The summed E-state index contributed by atoms with van der Waals surface area (Å²) in [5.74, 6) is -0.357. The number of carbonyl (C=O) groups is 3. The SMILES string of the molecule is CC(=O)N1CCC2(CC2C(=O)N[C@@H](C(=O)N2CC[C@](O)(c3ccc(Cl)cc3)C(C)(C)C2)C(C)C)C1. The number of nitrogens with one attached hydrogen (secondary N) is 1. The molecule has 1 aromatic carbocycles. The van der Waals surface area contributed by atoms with Gasteiger partial charge in [-0.1, -0.05) is 51.4 Å². The van der Waals surface area contributed by atoms with Crippen LogP contribution in [0.4, 0.5) is 0 Å². The summed E-state index contributed by atoms with van der Waals surface area (Å²) in [6.45, 7) is 11.5. The standard InChI is InChI=1S/C27H38ClN3O4/c1-17(2)22(29-23(33)21-14-26(21)10-12-30(16-26)18(3)32)24(34)31-13-11-27(35,25(4,5)15-31)19-6-8-20(28)9-7-19/h6-9,17,21-22,35H,10-16H2,1-5H3,(H,29,33)/t21?,22-,26?,27+/m1/s1. The third-order valence-electron chi connectivity index (χ3n) is 8.65. The molecule has 1 aliphatic carbocycles. The van der Waals surface area contributed by atoms with Crippen LogP contribution in [0.5, 0.6) is 0 Å². The molecule has 35 heavy (non-hydrogen) atoms. The molecule has 3 fully saturated rings. The van der Waals surface area contributed by atoms with E-state index in [0.29, 0.717) is 37.6 Å². The van der Waals surface area contributed by atoms with E-state index < -0.39 is 17.1 Å². The second-order valence-electron chi connectivity index (χ2n) is 11.8. The van der Waals surface area contributed by atoms with Gasteiger partial charge in [0.1, 0.15) is 6.04 Å². The summed E-state index contributed by atoms with van der Waals surface area (Å²) in [5, 5.41) is 15.3. The molecule has 2 unspecified atom stereocenters. The van der Waals surface area contributed by atoms with Gasteiger partial charge in [0.25, 0.3) is 0 Å². The Labute approximate surface area is 213 Å². The number of halogens is 1. The molecule has 2 heterocycles. The molecule has 3 amide bonds. The summed E-state index contributed by atoms with van der Waals surface area (Å²) in [7, 11) is 0. The van der Waals surface area contributed by atoms with Crippen molar-refractivity contribution in [3.8, 4) is 0 Å². The molecule has 0 radical (unpaired) electrons. The Kier molecular flexibility index (Phi) is 6.73. The van der Waals surface area contributed by atoms with Crippen LogP contribution in [0.1, 0.15) is 59.4 Å². The van der Waals surface area contributed by atoms with E-state index >= 15 is 0 Å². The molecular weight excluding hydrogens is 466 g/mol. The van der Waals surface area contributed by atoms with Crippen molar-refractivity contribution in [1.82, 2.24) is 15.1 Å². The lowest BCUT2D eigenvalue weighted by Crippen LogP contribution is -2.60. The number of rotatable bonds is 5. The fourth-order valence-corrected chi connectivity index (χ4v) is 6.20. The van der Waals surface area contributed by atoms with Gasteiger partial charge in [0.2, 0.25) is 17.7 Å². The summed E-state index contributed by atoms with van der Waals surface area (Å²) < 4.78 is 0. The quantitative estimate of drug-likeness (QED) is 0.645. The average Bonchev–Trinajstić information content (AvgIpc) is 3.32. The zero-order valence-corrected chi connectivity index (χ0v) is 22.2. The number of aliphatic hydroxyl groups is 1. The Balaban J connectivity index is 1.42. The maximum atomic E-state index is 13.6. The first-order chi connectivity index (χ1) is 16.3. The summed E-state index contributed by atoms with van der Waals surface area (Å²) in [5.41, 5.74) is -1.01. The van der Waals surface area contributed by atoms with Crippen LogP contribution in [0.2, 0.25) is 5.02 Å². The molecule has 192 valence electrons. The van der Waals surface area contributed by atoms with Crippen molar-refractivity contribution >= 4 is 29.3 Å². The van der Waals surface area contributed by atoms with Crippen LogP contribution in [0.25, 0.3) is 0 Å². The molecular formula is C27H38ClN3O4. The van der Waals surface area contributed by atoms with Crippen LogP contribution in [0.3, 0.4) is 0 Å². The van der Waals surface area contributed by atoms with Crippen molar-refractivity contribution in [2.24, 2.45) is 22.7 Å². The summed E-state index contributed by atoms with van der Waals surface area (Å²) in [6, 6.07) is 6.62. The fraction of sp³-hybridized carbons (Fsp3) is 0.667. The van der Waals surface area contributed by atoms with Crippen molar-refractivity contribution in [2.45, 2.75) is 65.5 Å². The molecule has 4 rings (SSSR count). The van der Waals surface area contributed by atoms with E-state index in [9.17, 15) is 19.5 Å². The lowest BCUT2D eigenvalue weighted by atomic mass is 9.66. The number of hydrogen-bond donors (Lipinski definition) is 2. The Morgan fingerprint density at radius 2 is 1.69 bits per heavy atom. The van der Waals surface area contributed by atoms with E-state index in [4.69, 9.17) is 11.6 Å². The van der Waals surface area contributed by atoms with Crippen LogP contribution in [-0.2, 0) is 20.0 Å². The second kappa shape index (κ2) is 9.07. The van der Waals surface area contributed by atoms with Crippen molar-refractivity contribution < 1.29 is 19.5 Å². The maximum absolute atomic E-state index is 13.6. The average molecular weight is 504 g/mol. The van der Waals surface area contributed by atoms with E-state index in [-0.39, 0.29) is 35.0 Å². The molecule has 1 saturated carbocycles. The Bertz CT molecular complexity index is 1010. The first kappa shape index (κ1) is 26.0. The predicted octanol–water partition coefficient (Wildman–Crippen LogP) is 3.19. The molecule has 7 nitrogen and oxygen atoms in total. The van der Waals surface area contributed by atoms with Gasteiger partial charge in [0.15, 0.2) is 0 Å². The van der Waals surface area contributed by atoms with Crippen LogP contribution in [-0.4, -0.2) is 64.8 Å². The molecule has 1 aromatic rings. The third-order valence-corrected chi connectivity index (χ3v) is 8.90. The topological polar surface area (TPSA) is 90.0 Å². The van der Waals surface area contributed by atoms with Gasteiger partial charge in [0, 0.05) is 54.9 Å². The lowest BCUT2D eigenvalue weighted by Gasteiger charge is -2.51. The minimum absolute atomic E-state index is 0.0504. The van der Waals surface area contributed by atoms with Gasteiger partial charge in [-0.3, -0.25) is 14.4 Å². The highest BCUT2D eigenvalue weighted by Crippen LogP contribution is 2.58. The monoisotopic (exact) mass is 503 g/mol. The normalized spacial score (nSPS) is 30.5. The van der Waals surface area contributed by atoms with E-state index in [1.165, 1.54) is 0 Å². The first-order valence-corrected chi connectivity index (χ1v) is 13.0. The highest BCUT2D eigenvalue weighted by molar-refractivity contribution is 6.30. The zero-order chi connectivity index (χ0) is 25.8. The van der Waals surface area contributed by atoms with Crippen LogP contribution >= 0.6 is 11.6 Å². The molecule has 0 bridgehead atoms. The largest absolute Gasteiger partial charge is 0.384 e. The number of benzene rings is 1. The zero-order valence-electron chi connectivity index (χ0n) is 21.4. The second-order valence-corrected chi connectivity index (χ2v) is 12.2. The van der Waals surface area contributed by atoms with Crippen molar-refractivity contribution in [1.29, 1.82) is 0 Å². The van der Waals surface area contributed by atoms with Gasteiger partial charge < -0.3 is 20.2 Å². The number of amides is 3. The molecule has 4 atom stereocenters. The van der Waals surface area contributed by atoms with Crippen molar-refractivity contribution in [2.75, 3.05) is 26.2 Å². The number of piperidine rings is 1. The summed E-state index contributed by atoms with van der Waals surface area (Å²) >= 11 is 6.04. The summed E-state index contributed by atoms with van der Waals surface area (Å²) in [4.78, 5) is 42.1. The molecule has 8 heteroatoms. The number of hydrogen-bond acceptors (Lipinski definition) is 4. The molecule has 2 aliphatic heterocycles. The van der Waals surface area contributed by atoms with E-state index in [1.54, 1.807) is 24.0 Å². The molecule has 1 spiro atoms. The predicted molar refractivity (Wildman–Crippen MR) is 135 cm³/mol. The molecule has 3 aliphatic rings. The first-order valence-electron chi connectivity index (χ1n) is 12.6. The van der Waals surface area contributed by atoms with Gasteiger partial charge in [-0.05, 0) is 42.9 Å². The van der Waals surface area contributed by atoms with Gasteiger partial charge in [-0.2, -0.15) is 0 Å². The smallest absolute Gasteiger partial charge is 0.245 e. The Morgan fingerprint density at radius 3 is 2.23 bits per heavy atom. The number of likely N-dealkylation sites (tertiary alicyclic amines) is 2. The minimum atomic E-state index is -1.09. The minimum Gasteiger partial charge on any atom is -0.384 e. The van der Waals surface area contributed by atoms with E-state index in [0.717, 1.165) is 18.4 Å². The highest BCUT2D eigenvalue weighted by Gasteiger charge is 2.61. The van der Waals surface area contributed by atoms with Gasteiger partial charge in [0.05, 0.1) is 5.60 Å². The van der Waals surface area contributed by atoms with E-state index in [1.807, 2.05) is 44.7 Å². The van der Waals surface area contributed by atoms with Crippen LogP contribution < -0.4 is 5.32 Å². The van der Waals surface area contributed by atoms with Gasteiger partial charge >= 0.3 is 0 Å². The maximum Gasteiger partial charge on any atom is 0.245 e. The van der Waals surface area contributed by atoms with Crippen LogP contribution in [0, 0.1) is 22.7 Å². The fourth-order valence-electron chi connectivity index (χ4n) is 6.07. The van der Waals surface area contributed by atoms with Crippen LogP contribution in [0.15, 0.2) is 24.3 Å². The van der Waals surface area contributed by atoms with Crippen molar-refractivity contribution in [3.05, 3.63) is 34.9 Å². The Hall–Kier alpha value is -2.12. The highest BCUT2D eigenvalue weighted by atomic mass is 35.5. The number of carbonyl (C=O) groups excluding carboxylic acids is 3. The third kappa shape index (κ3) is 4.69. The molecule has 2 N–H and O–H groups in total. The van der Waals surface area contributed by atoms with E-state index in [2.05, 4.69) is 5.32 Å². The van der Waals surface area contributed by atoms with Gasteiger partial charge in [-0.25, -0.2) is 0 Å².